The predicted molar refractivity (Wildman–Crippen MR) is 252 cm³/mol. The Morgan fingerprint density at radius 1 is 0.356 bits per heavy atom. The quantitative estimate of drug-likeness (QED) is 0.0263. The van der Waals surface area contributed by atoms with E-state index in [-0.39, 0.29) is 31.1 Å². The first-order valence-corrected chi connectivity index (χ1v) is 25.5. The molecule has 59 heavy (non-hydrogen) atoms. The first kappa shape index (κ1) is 56.6. The fourth-order valence-electron chi connectivity index (χ4n) is 7.34. The number of carbonyl (C=O) groups excluding carboxylic acids is 3. The van der Waals surface area contributed by atoms with Gasteiger partial charge in [-0.3, -0.25) is 14.4 Å². The highest BCUT2D eigenvalue weighted by Crippen LogP contribution is 2.16. The Bertz CT molecular complexity index is 1000. The van der Waals surface area contributed by atoms with Crippen molar-refractivity contribution >= 4 is 17.9 Å². The van der Waals surface area contributed by atoms with Gasteiger partial charge < -0.3 is 14.2 Å². The van der Waals surface area contributed by atoms with Crippen LogP contribution in [-0.4, -0.2) is 37.2 Å². The largest absolute Gasteiger partial charge is 0.462 e. The predicted octanol–water partition coefficient (Wildman–Crippen LogP) is 16.5. The van der Waals surface area contributed by atoms with E-state index >= 15 is 0 Å². The van der Waals surface area contributed by atoms with Gasteiger partial charge in [0.1, 0.15) is 13.2 Å². The lowest BCUT2D eigenvalue weighted by atomic mass is 10.0. The smallest absolute Gasteiger partial charge is 0.306 e. The summed E-state index contributed by atoms with van der Waals surface area (Å²) in [4.78, 5) is 37.9. The molecule has 0 aromatic rings. The molecule has 0 rings (SSSR count). The zero-order chi connectivity index (χ0) is 43.0. The number of unbranched alkanes of at least 4 members (excludes halogenated alkanes) is 29. The van der Waals surface area contributed by atoms with E-state index in [1.807, 2.05) is 0 Å². The van der Waals surface area contributed by atoms with Gasteiger partial charge in [0.05, 0.1) is 0 Å². The van der Waals surface area contributed by atoms with E-state index in [4.69, 9.17) is 14.2 Å². The van der Waals surface area contributed by atoms with Crippen LogP contribution in [-0.2, 0) is 28.6 Å². The van der Waals surface area contributed by atoms with Crippen LogP contribution in [0.4, 0.5) is 0 Å². The van der Waals surface area contributed by atoms with Crippen molar-refractivity contribution in [3.8, 4) is 0 Å². The SMILES string of the molecule is CC/C=C\C/C=C\C/C=C\CCCCCCCC(=O)O[C@H](COC(=O)CCCCCCCCCCCC)COC(=O)CCCCCCCCCCCCCCCCCC. The number of allylic oxidation sites excluding steroid dienone is 6. The molecule has 0 aliphatic heterocycles. The maximum Gasteiger partial charge on any atom is 0.306 e. The molecule has 6 heteroatoms. The second kappa shape index (κ2) is 48.3. The molecule has 0 aliphatic carbocycles. The molecule has 0 unspecified atom stereocenters. The van der Waals surface area contributed by atoms with Gasteiger partial charge in [-0.25, -0.2) is 0 Å². The van der Waals surface area contributed by atoms with Gasteiger partial charge in [0.2, 0.25) is 0 Å². The lowest BCUT2D eigenvalue weighted by Crippen LogP contribution is -2.30. The summed E-state index contributed by atoms with van der Waals surface area (Å²) in [5.41, 5.74) is 0. The fourth-order valence-corrected chi connectivity index (χ4v) is 7.34. The van der Waals surface area contributed by atoms with Gasteiger partial charge >= 0.3 is 17.9 Å². The molecular formula is C53H96O6. The van der Waals surface area contributed by atoms with Gasteiger partial charge in [-0.2, -0.15) is 0 Å². The first-order valence-electron chi connectivity index (χ1n) is 25.5. The van der Waals surface area contributed by atoms with Gasteiger partial charge in [0.25, 0.3) is 0 Å². The van der Waals surface area contributed by atoms with Crippen LogP contribution < -0.4 is 0 Å². The van der Waals surface area contributed by atoms with E-state index in [0.717, 1.165) is 96.3 Å². The molecule has 1 atom stereocenters. The van der Waals surface area contributed by atoms with Crippen LogP contribution in [0.5, 0.6) is 0 Å². The number of carbonyl (C=O) groups is 3. The third-order valence-corrected chi connectivity index (χ3v) is 11.2. The van der Waals surface area contributed by atoms with Crippen molar-refractivity contribution in [2.24, 2.45) is 0 Å². The van der Waals surface area contributed by atoms with Crippen LogP contribution >= 0.6 is 0 Å². The minimum Gasteiger partial charge on any atom is -0.462 e. The van der Waals surface area contributed by atoms with Crippen molar-refractivity contribution in [1.29, 1.82) is 0 Å². The molecule has 0 saturated heterocycles. The summed E-state index contributed by atoms with van der Waals surface area (Å²) in [5.74, 6) is -0.883. The molecule has 0 aromatic heterocycles. The monoisotopic (exact) mass is 829 g/mol. The maximum absolute atomic E-state index is 12.8. The third-order valence-electron chi connectivity index (χ3n) is 11.2. The number of hydrogen-bond acceptors (Lipinski definition) is 6. The molecule has 0 N–H and O–H groups in total. The Morgan fingerprint density at radius 3 is 1.03 bits per heavy atom. The fraction of sp³-hybridized carbons (Fsp3) is 0.830. The van der Waals surface area contributed by atoms with Crippen molar-refractivity contribution in [3.05, 3.63) is 36.5 Å². The van der Waals surface area contributed by atoms with E-state index in [2.05, 4.69) is 57.2 Å². The van der Waals surface area contributed by atoms with Crippen molar-refractivity contribution in [3.63, 3.8) is 0 Å². The van der Waals surface area contributed by atoms with Crippen molar-refractivity contribution in [1.82, 2.24) is 0 Å². The van der Waals surface area contributed by atoms with Gasteiger partial charge in [0, 0.05) is 19.3 Å². The number of esters is 3. The summed E-state index contributed by atoms with van der Waals surface area (Å²) in [6.45, 7) is 6.52. The van der Waals surface area contributed by atoms with E-state index in [9.17, 15) is 14.4 Å². The maximum atomic E-state index is 12.8. The molecule has 0 aromatic carbocycles. The van der Waals surface area contributed by atoms with E-state index in [0.29, 0.717) is 19.3 Å². The Balaban J connectivity index is 4.34. The van der Waals surface area contributed by atoms with E-state index in [1.165, 1.54) is 128 Å². The molecular weight excluding hydrogens is 733 g/mol. The summed E-state index contributed by atoms with van der Waals surface area (Å²) < 4.78 is 16.8. The topological polar surface area (TPSA) is 78.9 Å². The van der Waals surface area contributed by atoms with Crippen LogP contribution in [0.25, 0.3) is 0 Å². The molecule has 6 nitrogen and oxygen atoms in total. The average Bonchev–Trinajstić information content (AvgIpc) is 3.23. The van der Waals surface area contributed by atoms with Crippen LogP contribution in [0.1, 0.15) is 265 Å². The normalized spacial score (nSPS) is 12.3. The minimum atomic E-state index is -0.775. The highest BCUT2D eigenvalue weighted by molar-refractivity contribution is 5.71. The molecule has 0 saturated carbocycles. The Morgan fingerprint density at radius 2 is 0.661 bits per heavy atom. The molecule has 0 amide bonds. The van der Waals surface area contributed by atoms with Gasteiger partial charge in [0.15, 0.2) is 6.10 Å². The van der Waals surface area contributed by atoms with E-state index < -0.39 is 6.10 Å². The molecule has 0 aliphatic rings. The van der Waals surface area contributed by atoms with Gasteiger partial charge in [-0.15, -0.1) is 0 Å². The summed E-state index contributed by atoms with van der Waals surface area (Å²) >= 11 is 0. The minimum absolute atomic E-state index is 0.0752. The zero-order valence-electron chi connectivity index (χ0n) is 39.3. The molecule has 0 radical (unpaired) electrons. The Hall–Kier alpha value is -2.37. The second-order valence-electron chi connectivity index (χ2n) is 17.1. The number of ether oxygens (including phenoxy) is 3. The number of rotatable bonds is 46. The average molecular weight is 829 g/mol. The van der Waals surface area contributed by atoms with Crippen LogP contribution in [0.3, 0.4) is 0 Å². The lowest BCUT2D eigenvalue weighted by molar-refractivity contribution is -0.167. The lowest BCUT2D eigenvalue weighted by Gasteiger charge is -2.18. The molecule has 0 heterocycles. The summed E-state index contributed by atoms with van der Waals surface area (Å²) in [6, 6.07) is 0. The third kappa shape index (κ3) is 46.5. The van der Waals surface area contributed by atoms with E-state index in [1.54, 1.807) is 0 Å². The zero-order valence-corrected chi connectivity index (χ0v) is 39.3. The number of hydrogen-bond donors (Lipinski definition) is 0. The first-order chi connectivity index (χ1) is 29.0. The van der Waals surface area contributed by atoms with Gasteiger partial charge in [-0.1, -0.05) is 231 Å². The van der Waals surface area contributed by atoms with Gasteiger partial charge in [-0.05, 0) is 51.4 Å². The van der Waals surface area contributed by atoms with Crippen LogP contribution in [0.2, 0.25) is 0 Å². The molecule has 0 bridgehead atoms. The Kier molecular flexibility index (Phi) is 46.4. The molecule has 344 valence electrons. The summed E-state index contributed by atoms with van der Waals surface area (Å²) in [6.07, 6.45) is 55.6. The van der Waals surface area contributed by atoms with Crippen LogP contribution in [0.15, 0.2) is 36.5 Å². The highest BCUT2D eigenvalue weighted by Gasteiger charge is 2.19. The van der Waals surface area contributed by atoms with Crippen molar-refractivity contribution in [2.45, 2.75) is 271 Å². The van der Waals surface area contributed by atoms with Crippen molar-refractivity contribution in [2.75, 3.05) is 13.2 Å². The Labute approximate surface area is 365 Å². The van der Waals surface area contributed by atoms with Crippen LogP contribution in [0, 0.1) is 0 Å². The summed E-state index contributed by atoms with van der Waals surface area (Å²) in [5, 5.41) is 0. The highest BCUT2D eigenvalue weighted by atomic mass is 16.6. The standard InChI is InChI=1S/C53H96O6/c1-4-7-10-13-16-19-22-24-26-28-29-31-34-37-40-43-46-52(55)58-49-50(48-57-51(54)45-42-39-36-33-21-18-15-12-9-6-3)59-53(56)47-44-41-38-35-32-30-27-25-23-20-17-14-11-8-5-2/h8,11,17,20,25,27,50H,4-7,9-10,12-16,18-19,21-24,26,28-49H2,1-3H3/b11-8-,20-17-,27-25-/t50-/m1/s1. The molecule has 0 fully saturated rings. The summed E-state index contributed by atoms with van der Waals surface area (Å²) in [7, 11) is 0. The second-order valence-corrected chi connectivity index (χ2v) is 17.1. The van der Waals surface area contributed by atoms with Crippen molar-refractivity contribution < 1.29 is 28.6 Å². The molecule has 0 spiro atoms.